The maximum atomic E-state index is 14.4. The smallest absolute Gasteiger partial charge is 0.262 e. The molecule has 0 amide bonds. The fraction of sp³-hybridized carbons (Fsp3) is 0.286. The van der Waals surface area contributed by atoms with Crippen LogP contribution in [0.1, 0.15) is 29.9 Å². The molecule has 0 spiro atoms. The normalized spacial score (nSPS) is 12.6. The van der Waals surface area contributed by atoms with E-state index in [4.69, 9.17) is 4.74 Å². The quantitative estimate of drug-likeness (QED) is 0.563. The number of fused-ring (bicyclic) bond motifs is 3. The third-order valence-electron chi connectivity index (χ3n) is 5.17. The molecule has 0 saturated heterocycles. The van der Waals surface area contributed by atoms with Crippen molar-refractivity contribution >= 4 is 16.7 Å². The Bertz CT molecular complexity index is 1280. The van der Waals surface area contributed by atoms with Crippen LogP contribution in [0, 0.1) is 12.7 Å². The standard InChI is InChI=1S/C21H22FN5O2/c1-12-8-9-16-14(10-12)20(28)26(3)21-25-24-18(27(16)21)11-23-13(2)19-15(22)6-5-7-17(19)29-4/h5-10,13,23H,11H2,1-4H3. The van der Waals surface area contributed by atoms with Gasteiger partial charge in [-0.25, -0.2) is 4.39 Å². The molecule has 4 rings (SSSR count). The Labute approximate surface area is 166 Å². The van der Waals surface area contributed by atoms with Crippen LogP contribution in [0.15, 0.2) is 41.2 Å². The van der Waals surface area contributed by atoms with Gasteiger partial charge in [0.15, 0.2) is 5.82 Å². The number of methoxy groups -OCH3 is 1. The van der Waals surface area contributed by atoms with E-state index in [1.807, 2.05) is 36.4 Å². The van der Waals surface area contributed by atoms with Crippen molar-refractivity contribution in [1.29, 1.82) is 0 Å². The third kappa shape index (κ3) is 3.15. The minimum absolute atomic E-state index is 0.118. The van der Waals surface area contributed by atoms with Crippen LogP contribution in [0.25, 0.3) is 16.7 Å². The van der Waals surface area contributed by atoms with Crippen molar-refractivity contribution in [3.05, 3.63) is 69.5 Å². The molecule has 0 bridgehead atoms. The number of halogens is 1. The van der Waals surface area contributed by atoms with E-state index in [1.165, 1.54) is 17.7 Å². The van der Waals surface area contributed by atoms with Gasteiger partial charge in [0.25, 0.3) is 5.56 Å². The molecule has 0 aliphatic heterocycles. The molecule has 1 unspecified atom stereocenters. The predicted octanol–water partition coefficient (Wildman–Crippen LogP) is 2.89. The summed E-state index contributed by atoms with van der Waals surface area (Å²) in [6, 6.07) is 10.1. The Balaban J connectivity index is 1.75. The molecule has 0 aliphatic carbocycles. The van der Waals surface area contributed by atoms with Crippen molar-refractivity contribution in [3.63, 3.8) is 0 Å². The van der Waals surface area contributed by atoms with E-state index in [2.05, 4.69) is 15.5 Å². The van der Waals surface area contributed by atoms with Gasteiger partial charge in [0.1, 0.15) is 11.6 Å². The summed E-state index contributed by atoms with van der Waals surface area (Å²) < 4.78 is 23.0. The third-order valence-corrected chi connectivity index (χ3v) is 5.17. The Kier molecular flexibility index (Phi) is 4.79. The Hall–Kier alpha value is -3.26. The predicted molar refractivity (Wildman–Crippen MR) is 109 cm³/mol. The van der Waals surface area contributed by atoms with Gasteiger partial charge in [0, 0.05) is 18.7 Å². The summed E-state index contributed by atoms with van der Waals surface area (Å²) in [6.45, 7) is 4.14. The van der Waals surface area contributed by atoms with Gasteiger partial charge in [-0.15, -0.1) is 10.2 Å². The lowest BCUT2D eigenvalue weighted by Crippen LogP contribution is -2.23. The summed E-state index contributed by atoms with van der Waals surface area (Å²) in [4.78, 5) is 12.7. The molecule has 2 aromatic heterocycles. The number of ether oxygens (including phenoxy) is 1. The molecular formula is C21H22FN5O2. The van der Waals surface area contributed by atoms with Crippen molar-refractivity contribution in [3.8, 4) is 5.75 Å². The first-order valence-electron chi connectivity index (χ1n) is 9.31. The first-order chi connectivity index (χ1) is 13.9. The number of nitrogens with zero attached hydrogens (tertiary/aromatic N) is 4. The van der Waals surface area contributed by atoms with Crippen LogP contribution in [0.5, 0.6) is 5.75 Å². The fourth-order valence-electron chi connectivity index (χ4n) is 3.64. The molecule has 0 radical (unpaired) electrons. The number of benzene rings is 2. The van der Waals surface area contributed by atoms with E-state index < -0.39 is 0 Å². The van der Waals surface area contributed by atoms with Crippen LogP contribution < -0.4 is 15.6 Å². The second-order valence-corrected chi connectivity index (χ2v) is 7.09. The van der Waals surface area contributed by atoms with Gasteiger partial charge in [-0.05, 0) is 38.1 Å². The van der Waals surface area contributed by atoms with Crippen LogP contribution in [0.4, 0.5) is 4.39 Å². The Morgan fingerprint density at radius 3 is 2.79 bits per heavy atom. The number of rotatable bonds is 5. The summed E-state index contributed by atoms with van der Waals surface area (Å²) in [5.74, 6) is 1.24. The van der Waals surface area contributed by atoms with Crippen molar-refractivity contribution in [2.75, 3.05) is 7.11 Å². The molecule has 0 aliphatic rings. The number of hydrogen-bond donors (Lipinski definition) is 1. The Morgan fingerprint density at radius 1 is 1.24 bits per heavy atom. The monoisotopic (exact) mass is 395 g/mol. The molecule has 29 heavy (non-hydrogen) atoms. The fourth-order valence-corrected chi connectivity index (χ4v) is 3.64. The summed E-state index contributed by atoms with van der Waals surface area (Å²) >= 11 is 0. The molecule has 4 aromatic rings. The van der Waals surface area contributed by atoms with Gasteiger partial charge in [-0.2, -0.15) is 0 Å². The number of hydrogen-bond acceptors (Lipinski definition) is 5. The maximum absolute atomic E-state index is 14.4. The van der Waals surface area contributed by atoms with Crippen molar-refractivity contribution in [2.24, 2.45) is 7.05 Å². The molecule has 1 atom stereocenters. The molecule has 2 heterocycles. The highest BCUT2D eigenvalue weighted by molar-refractivity contribution is 5.81. The average Bonchev–Trinajstić information content (AvgIpc) is 3.14. The molecule has 0 saturated carbocycles. The van der Waals surface area contributed by atoms with E-state index in [9.17, 15) is 9.18 Å². The molecule has 2 aromatic carbocycles. The topological polar surface area (TPSA) is 73.4 Å². The van der Waals surface area contributed by atoms with Crippen LogP contribution in [-0.4, -0.2) is 26.3 Å². The highest BCUT2D eigenvalue weighted by atomic mass is 19.1. The van der Waals surface area contributed by atoms with Crippen LogP contribution in [0.3, 0.4) is 0 Å². The summed E-state index contributed by atoms with van der Waals surface area (Å²) in [6.07, 6.45) is 0. The van der Waals surface area contributed by atoms with Crippen LogP contribution >= 0.6 is 0 Å². The van der Waals surface area contributed by atoms with Gasteiger partial charge >= 0.3 is 0 Å². The van der Waals surface area contributed by atoms with E-state index in [0.717, 1.165) is 11.1 Å². The number of aryl methyl sites for hydroxylation is 2. The minimum Gasteiger partial charge on any atom is -0.496 e. The van der Waals surface area contributed by atoms with E-state index in [0.29, 0.717) is 34.8 Å². The van der Waals surface area contributed by atoms with Crippen molar-refractivity contribution in [2.45, 2.75) is 26.4 Å². The molecular weight excluding hydrogens is 373 g/mol. The minimum atomic E-state index is -0.334. The zero-order valence-corrected chi connectivity index (χ0v) is 16.7. The van der Waals surface area contributed by atoms with E-state index in [1.54, 1.807) is 19.2 Å². The lowest BCUT2D eigenvalue weighted by atomic mass is 10.1. The van der Waals surface area contributed by atoms with E-state index >= 15 is 0 Å². The lowest BCUT2D eigenvalue weighted by Gasteiger charge is -2.18. The molecule has 7 nitrogen and oxygen atoms in total. The first-order valence-corrected chi connectivity index (χ1v) is 9.31. The highest BCUT2D eigenvalue weighted by Crippen LogP contribution is 2.28. The molecule has 8 heteroatoms. The molecule has 1 N–H and O–H groups in total. The lowest BCUT2D eigenvalue weighted by molar-refractivity contribution is 0.393. The van der Waals surface area contributed by atoms with Crippen molar-refractivity contribution in [1.82, 2.24) is 24.5 Å². The van der Waals surface area contributed by atoms with Gasteiger partial charge < -0.3 is 10.1 Å². The Morgan fingerprint density at radius 2 is 2.03 bits per heavy atom. The second-order valence-electron chi connectivity index (χ2n) is 7.09. The zero-order chi connectivity index (χ0) is 20.7. The second kappa shape index (κ2) is 7.29. The number of nitrogens with one attached hydrogen (secondary N) is 1. The molecule has 150 valence electrons. The van der Waals surface area contributed by atoms with Gasteiger partial charge in [-0.1, -0.05) is 17.7 Å². The average molecular weight is 395 g/mol. The zero-order valence-electron chi connectivity index (χ0n) is 16.7. The maximum Gasteiger partial charge on any atom is 0.262 e. The molecule has 0 fully saturated rings. The van der Waals surface area contributed by atoms with Gasteiger partial charge in [0.05, 0.1) is 24.6 Å². The highest BCUT2D eigenvalue weighted by Gasteiger charge is 2.19. The van der Waals surface area contributed by atoms with Gasteiger partial charge in [-0.3, -0.25) is 13.8 Å². The summed E-state index contributed by atoms with van der Waals surface area (Å²) in [7, 11) is 3.20. The van der Waals surface area contributed by atoms with E-state index in [-0.39, 0.29) is 17.4 Å². The van der Waals surface area contributed by atoms with Crippen LogP contribution in [0.2, 0.25) is 0 Å². The van der Waals surface area contributed by atoms with Crippen molar-refractivity contribution < 1.29 is 9.13 Å². The van der Waals surface area contributed by atoms with Crippen LogP contribution in [-0.2, 0) is 13.6 Å². The SMILES string of the molecule is COc1cccc(F)c1C(C)NCc1nnc2n(C)c(=O)c3cc(C)ccc3n12. The summed E-state index contributed by atoms with van der Waals surface area (Å²) in [5.41, 5.74) is 2.08. The summed E-state index contributed by atoms with van der Waals surface area (Å²) in [5, 5.41) is 12.3. The first kappa shape index (κ1) is 19.1. The van der Waals surface area contributed by atoms with Gasteiger partial charge in [0.2, 0.25) is 5.78 Å². The number of aromatic nitrogens is 4. The largest absolute Gasteiger partial charge is 0.496 e.